The molecule has 0 bridgehead atoms. The van der Waals surface area contributed by atoms with E-state index in [1.54, 1.807) is 11.3 Å². The van der Waals surface area contributed by atoms with Crippen molar-refractivity contribution < 1.29 is 0 Å². The smallest absolute Gasteiger partial charge is 0.159 e. The Morgan fingerprint density at radius 1 is 1.38 bits per heavy atom. The zero-order valence-electron chi connectivity index (χ0n) is 12.6. The molecule has 1 unspecified atom stereocenters. The lowest BCUT2D eigenvalue weighted by molar-refractivity contribution is 0.596. The number of hydrogen-bond donors (Lipinski definition) is 0. The number of aromatic nitrogens is 5. The summed E-state index contributed by atoms with van der Waals surface area (Å²) in [6, 6.07) is 0.127. The Bertz CT molecular complexity index is 785. The predicted molar refractivity (Wildman–Crippen MR) is 86.3 cm³/mol. The summed E-state index contributed by atoms with van der Waals surface area (Å²) in [6.45, 7) is 6.22. The molecule has 0 spiro atoms. The summed E-state index contributed by atoms with van der Waals surface area (Å²) >= 11 is 7.67. The maximum atomic E-state index is 5.95. The number of rotatable bonds is 4. The number of hydrogen-bond acceptors (Lipinski definition) is 4. The fourth-order valence-electron chi connectivity index (χ4n) is 2.68. The molecule has 5 nitrogen and oxygen atoms in total. The molecule has 21 heavy (non-hydrogen) atoms. The minimum Gasteiger partial charge on any atom is -0.303 e. The van der Waals surface area contributed by atoms with Crippen LogP contribution >= 0.6 is 22.9 Å². The lowest BCUT2D eigenvalue weighted by Crippen LogP contribution is -2.13. The molecule has 3 rings (SSSR count). The minimum atomic E-state index is 0.127. The first-order chi connectivity index (χ1) is 10.0. The van der Waals surface area contributed by atoms with E-state index in [1.807, 2.05) is 24.9 Å². The first-order valence-corrected chi connectivity index (χ1v) is 8.26. The molecule has 7 heteroatoms. The number of nitrogens with zero attached hydrogens (tertiary/aromatic N) is 5. The van der Waals surface area contributed by atoms with Gasteiger partial charge in [-0.05, 0) is 20.8 Å². The third kappa shape index (κ3) is 2.36. The van der Waals surface area contributed by atoms with Crippen molar-refractivity contribution >= 4 is 34.1 Å². The van der Waals surface area contributed by atoms with Crippen molar-refractivity contribution in [2.45, 2.75) is 33.2 Å². The van der Waals surface area contributed by atoms with Crippen molar-refractivity contribution in [2.75, 3.05) is 5.88 Å². The highest BCUT2D eigenvalue weighted by Gasteiger charge is 2.23. The summed E-state index contributed by atoms with van der Waals surface area (Å²) in [5.41, 5.74) is 2.94. The first kappa shape index (κ1) is 14.5. The van der Waals surface area contributed by atoms with Crippen LogP contribution in [0.2, 0.25) is 0 Å². The van der Waals surface area contributed by atoms with E-state index in [1.165, 1.54) is 4.88 Å². The highest BCUT2D eigenvalue weighted by Crippen LogP contribution is 2.29. The molecule has 0 aliphatic carbocycles. The lowest BCUT2D eigenvalue weighted by Gasteiger charge is -2.15. The molecule has 0 aliphatic heterocycles. The Morgan fingerprint density at radius 2 is 2.14 bits per heavy atom. The van der Waals surface area contributed by atoms with Crippen molar-refractivity contribution in [1.29, 1.82) is 0 Å². The maximum Gasteiger partial charge on any atom is 0.159 e. The molecule has 0 amide bonds. The van der Waals surface area contributed by atoms with Crippen LogP contribution in [0.25, 0.3) is 11.2 Å². The monoisotopic (exact) mass is 323 g/mol. The number of alkyl halides is 1. The van der Waals surface area contributed by atoms with Crippen LogP contribution in [-0.4, -0.2) is 30.2 Å². The SMILES string of the molecule is Cc1cnc(C(C)n2c(CCCl)nc3c(C)nn(C)c32)s1. The van der Waals surface area contributed by atoms with E-state index in [-0.39, 0.29) is 6.04 Å². The maximum absolute atomic E-state index is 5.95. The predicted octanol–water partition coefficient (Wildman–Crippen LogP) is 3.23. The van der Waals surface area contributed by atoms with Crippen molar-refractivity contribution in [2.24, 2.45) is 7.05 Å². The number of aryl methyl sites for hydroxylation is 4. The van der Waals surface area contributed by atoms with Crippen molar-refractivity contribution in [3.05, 3.63) is 27.6 Å². The summed E-state index contributed by atoms with van der Waals surface area (Å²) in [5.74, 6) is 1.55. The Morgan fingerprint density at radius 3 is 2.76 bits per heavy atom. The van der Waals surface area contributed by atoms with Crippen LogP contribution < -0.4 is 0 Å². The molecule has 3 aromatic heterocycles. The summed E-state index contributed by atoms with van der Waals surface area (Å²) < 4.78 is 4.11. The van der Waals surface area contributed by atoms with Crippen LogP contribution in [0.3, 0.4) is 0 Å². The molecular formula is C14H18ClN5S. The van der Waals surface area contributed by atoms with Gasteiger partial charge in [-0.15, -0.1) is 22.9 Å². The van der Waals surface area contributed by atoms with Crippen molar-refractivity contribution in [3.63, 3.8) is 0 Å². The number of imidazole rings is 1. The molecule has 0 aromatic carbocycles. The third-order valence-electron chi connectivity index (χ3n) is 3.61. The Balaban J connectivity index is 2.20. The highest BCUT2D eigenvalue weighted by molar-refractivity contribution is 7.11. The third-order valence-corrected chi connectivity index (χ3v) is 4.88. The molecule has 0 fully saturated rings. The van der Waals surface area contributed by atoms with Gasteiger partial charge in [0, 0.05) is 30.4 Å². The van der Waals surface area contributed by atoms with Gasteiger partial charge < -0.3 is 4.57 Å². The van der Waals surface area contributed by atoms with Gasteiger partial charge in [-0.25, -0.2) is 9.97 Å². The Labute approximate surface area is 132 Å². The van der Waals surface area contributed by atoms with Crippen LogP contribution in [0, 0.1) is 13.8 Å². The molecule has 3 heterocycles. The second-order valence-electron chi connectivity index (χ2n) is 5.20. The van der Waals surface area contributed by atoms with Crippen LogP contribution in [0.4, 0.5) is 0 Å². The molecule has 3 aromatic rings. The molecule has 0 radical (unpaired) electrons. The largest absolute Gasteiger partial charge is 0.303 e. The standard InChI is InChI=1S/C14H18ClN5S/c1-8-7-16-13(21-8)10(3)20-11(5-6-15)17-12-9(2)18-19(4)14(12)20/h7,10H,5-6H2,1-4H3. The fourth-order valence-corrected chi connectivity index (χ4v) is 3.67. The van der Waals surface area contributed by atoms with Crippen LogP contribution in [0.15, 0.2) is 6.20 Å². The van der Waals surface area contributed by atoms with Gasteiger partial charge >= 0.3 is 0 Å². The topological polar surface area (TPSA) is 48.5 Å². The van der Waals surface area contributed by atoms with Crippen molar-refractivity contribution in [3.8, 4) is 0 Å². The molecule has 0 aliphatic rings. The summed E-state index contributed by atoms with van der Waals surface area (Å²) in [6.07, 6.45) is 2.66. The second kappa shape index (κ2) is 5.42. The van der Waals surface area contributed by atoms with Gasteiger partial charge in [0.15, 0.2) is 5.65 Å². The zero-order valence-corrected chi connectivity index (χ0v) is 14.2. The fraction of sp³-hybridized carbons (Fsp3) is 0.500. The van der Waals surface area contributed by atoms with E-state index >= 15 is 0 Å². The lowest BCUT2D eigenvalue weighted by atomic mass is 10.3. The van der Waals surface area contributed by atoms with E-state index in [0.717, 1.165) is 34.1 Å². The summed E-state index contributed by atoms with van der Waals surface area (Å²) in [5, 5.41) is 5.56. The average Bonchev–Trinajstić information content (AvgIpc) is 3.08. The molecule has 1 atom stereocenters. The number of thiazole rings is 1. The highest BCUT2D eigenvalue weighted by atomic mass is 35.5. The van der Waals surface area contributed by atoms with Gasteiger partial charge in [-0.3, -0.25) is 4.68 Å². The van der Waals surface area contributed by atoms with E-state index in [2.05, 4.69) is 28.5 Å². The van der Waals surface area contributed by atoms with Crippen molar-refractivity contribution in [1.82, 2.24) is 24.3 Å². The van der Waals surface area contributed by atoms with E-state index in [9.17, 15) is 0 Å². The first-order valence-electron chi connectivity index (χ1n) is 6.91. The van der Waals surface area contributed by atoms with Gasteiger partial charge in [0.25, 0.3) is 0 Å². The number of fused-ring (bicyclic) bond motifs is 1. The molecule has 0 saturated carbocycles. The van der Waals surface area contributed by atoms with Gasteiger partial charge in [-0.1, -0.05) is 0 Å². The molecule has 112 valence electrons. The molecule has 0 N–H and O–H groups in total. The van der Waals surface area contributed by atoms with Gasteiger partial charge in [0.2, 0.25) is 0 Å². The van der Waals surface area contributed by atoms with Gasteiger partial charge in [0.1, 0.15) is 16.3 Å². The molecular weight excluding hydrogens is 306 g/mol. The second-order valence-corrected chi connectivity index (χ2v) is 6.85. The summed E-state index contributed by atoms with van der Waals surface area (Å²) in [7, 11) is 1.96. The molecule has 0 saturated heterocycles. The average molecular weight is 324 g/mol. The Kier molecular flexibility index (Phi) is 3.75. The van der Waals surface area contributed by atoms with Crippen LogP contribution in [0.5, 0.6) is 0 Å². The quantitative estimate of drug-likeness (QED) is 0.693. The van der Waals surface area contributed by atoms with E-state index < -0.39 is 0 Å². The van der Waals surface area contributed by atoms with Gasteiger partial charge in [0.05, 0.1) is 11.7 Å². The van der Waals surface area contributed by atoms with Crippen LogP contribution in [0.1, 0.15) is 34.4 Å². The summed E-state index contributed by atoms with van der Waals surface area (Å²) in [4.78, 5) is 10.5. The van der Waals surface area contributed by atoms with Crippen LogP contribution in [-0.2, 0) is 13.5 Å². The normalized spacial score (nSPS) is 13.2. The Hall–Kier alpha value is -1.40. The zero-order chi connectivity index (χ0) is 15.1. The van der Waals surface area contributed by atoms with E-state index in [4.69, 9.17) is 16.6 Å². The number of halogens is 1. The van der Waals surface area contributed by atoms with Gasteiger partial charge in [-0.2, -0.15) is 5.10 Å². The minimum absolute atomic E-state index is 0.127. The van der Waals surface area contributed by atoms with E-state index in [0.29, 0.717) is 5.88 Å².